The van der Waals surface area contributed by atoms with Crippen LogP contribution in [0.2, 0.25) is 5.02 Å². The Kier molecular flexibility index (Phi) is 4.37. The molecule has 0 spiro atoms. The summed E-state index contributed by atoms with van der Waals surface area (Å²) in [7, 11) is 1.57. The van der Waals surface area contributed by atoms with E-state index in [1.54, 1.807) is 25.3 Å². The van der Waals surface area contributed by atoms with E-state index in [1.165, 1.54) is 0 Å². The highest BCUT2D eigenvalue weighted by Gasteiger charge is 2.21. The molecular formula is C12H17ClN2O2. The zero-order chi connectivity index (χ0) is 13.1. The molecule has 1 aromatic carbocycles. The first-order valence-electron chi connectivity index (χ1n) is 5.25. The number of para-hydroxylation sites is 1. The van der Waals surface area contributed by atoms with Gasteiger partial charge in [0.05, 0.1) is 28.4 Å². The van der Waals surface area contributed by atoms with Crippen molar-refractivity contribution in [3.05, 3.63) is 23.2 Å². The van der Waals surface area contributed by atoms with Crippen molar-refractivity contribution in [2.45, 2.75) is 25.9 Å². The SMILES string of the molecule is COC(C)(C)CC(=O)Nc1c(N)cccc1Cl. The van der Waals surface area contributed by atoms with Gasteiger partial charge in [0, 0.05) is 7.11 Å². The molecule has 0 radical (unpaired) electrons. The molecule has 94 valence electrons. The van der Waals surface area contributed by atoms with Crippen molar-refractivity contribution < 1.29 is 9.53 Å². The van der Waals surface area contributed by atoms with Gasteiger partial charge in [0.1, 0.15) is 0 Å². The summed E-state index contributed by atoms with van der Waals surface area (Å²) in [5, 5.41) is 3.12. The summed E-state index contributed by atoms with van der Waals surface area (Å²) in [6.45, 7) is 3.67. The van der Waals surface area contributed by atoms with Gasteiger partial charge in [0.15, 0.2) is 0 Å². The van der Waals surface area contributed by atoms with Crippen LogP contribution in [0.5, 0.6) is 0 Å². The van der Waals surface area contributed by atoms with Crippen LogP contribution < -0.4 is 11.1 Å². The number of rotatable bonds is 4. The highest BCUT2D eigenvalue weighted by atomic mass is 35.5. The van der Waals surface area contributed by atoms with Gasteiger partial charge in [0.25, 0.3) is 0 Å². The number of nitrogen functional groups attached to an aromatic ring is 1. The molecule has 17 heavy (non-hydrogen) atoms. The van der Waals surface area contributed by atoms with Crippen LogP contribution in [-0.2, 0) is 9.53 Å². The standard InChI is InChI=1S/C12H17ClN2O2/c1-12(2,17-3)7-10(16)15-11-8(13)5-4-6-9(11)14/h4-6H,7,14H2,1-3H3,(H,15,16). The van der Waals surface area contributed by atoms with Gasteiger partial charge in [-0.15, -0.1) is 0 Å². The third-order valence-electron chi connectivity index (χ3n) is 2.45. The fraction of sp³-hybridized carbons (Fsp3) is 0.417. The number of ether oxygens (including phenoxy) is 1. The molecule has 0 atom stereocenters. The largest absolute Gasteiger partial charge is 0.397 e. The lowest BCUT2D eigenvalue weighted by Crippen LogP contribution is -2.29. The van der Waals surface area contributed by atoms with E-state index in [4.69, 9.17) is 22.1 Å². The van der Waals surface area contributed by atoms with E-state index in [0.717, 1.165) is 0 Å². The van der Waals surface area contributed by atoms with Gasteiger partial charge in [-0.2, -0.15) is 0 Å². The minimum absolute atomic E-state index is 0.184. The van der Waals surface area contributed by atoms with Crippen LogP contribution in [0.1, 0.15) is 20.3 Å². The third-order valence-corrected chi connectivity index (χ3v) is 2.76. The van der Waals surface area contributed by atoms with E-state index < -0.39 is 5.60 Å². The second-order valence-electron chi connectivity index (χ2n) is 4.39. The van der Waals surface area contributed by atoms with Crippen molar-refractivity contribution in [2.75, 3.05) is 18.2 Å². The summed E-state index contributed by atoms with van der Waals surface area (Å²) in [5.41, 5.74) is 6.12. The van der Waals surface area contributed by atoms with E-state index in [9.17, 15) is 4.79 Å². The highest BCUT2D eigenvalue weighted by molar-refractivity contribution is 6.34. The maximum atomic E-state index is 11.8. The van der Waals surface area contributed by atoms with Crippen molar-refractivity contribution in [3.63, 3.8) is 0 Å². The molecule has 0 bridgehead atoms. The third kappa shape index (κ3) is 3.91. The number of nitrogens with one attached hydrogen (secondary N) is 1. The number of hydrogen-bond acceptors (Lipinski definition) is 3. The Labute approximate surface area is 106 Å². The van der Waals surface area contributed by atoms with Crippen LogP contribution in [0.4, 0.5) is 11.4 Å². The monoisotopic (exact) mass is 256 g/mol. The van der Waals surface area contributed by atoms with E-state index in [0.29, 0.717) is 16.4 Å². The predicted molar refractivity (Wildman–Crippen MR) is 70.2 cm³/mol. The van der Waals surface area contributed by atoms with Crippen LogP contribution in [-0.4, -0.2) is 18.6 Å². The number of methoxy groups -OCH3 is 1. The van der Waals surface area contributed by atoms with Gasteiger partial charge in [-0.1, -0.05) is 17.7 Å². The Morgan fingerprint density at radius 1 is 1.53 bits per heavy atom. The zero-order valence-electron chi connectivity index (χ0n) is 10.2. The quantitative estimate of drug-likeness (QED) is 0.814. The molecule has 0 unspecified atom stereocenters. The molecule has 3 N–H and O–H groups in total. The smallest absolute Gasteiger partial charge is 0.227 e. The number of benzene rings is 1. The fourth-order valence-corrected chi connectivity index (χ4v) is 1.54. The molecule has 4 nitrogen and oxygen atoms in total. The van der Waals surface area contributed by atoms with Crippen molar-refractivity contribution >= 4 is 28.9 Å². The summed E-state index contributed by atoms with van der Waals surface area (Å²) < 4.78 is 5.18. The molecule has 5 heteroatoms. The van der Waals surface area contributed by atoms with Gasteiger partial charge in [-0.25, -0.2) is 0 Å². The lowest BCUT2D eigenvalue weighted by Gasteiger charge is -2.22. The van der Waals surface area contributed by atoms with Crippen LogP contribution in [0.15, 0.2) is 18.2 Å². The van der Waals surface area contributed by atoms with E-state index in [1.807, 2.05) is 13.8 Å². The van der Waals surface area contributed by atoms with E-state index in [-0.39, 0.29) is 12.3 Å². The molecule has 0 saturated heterocycles. The Balaban J connectivity index is 2.75. The maximum Gasteiger partial charge on any atom is 0.227 e. The first-order chi connectivity index (χ1) is 7.85. The van der Waals surface area contributed by atoms with Crippen molar-refractivity contribution in [3.8, 4) is 0 Å². The number of halogens is 1. The summed E-state index contributed by atoms with van der Waals surface area (Å²) >= 11 is 5.95. The Hall–Kier alpha value is -1.26. The summed E-state index contributed by atoms with van der Waals surface area (Å²) in [5.74, 6) is -0.184. The Morgan fingerprint density at radius 2 is 2.18 bits per heavy atom. The molecular weight excluding hydrogens is 240 g/mol. The number of anilines is 2. The summed E-state index contributed by atoms with van der Waals surface area (Å²) in [6, 6.07) is 5.09. The second kappa shape index (κ2) is 5.38. The molecule has 1 aromatic rings. The van der Waals surface area contributed by atoms with Crippen molar-refractivity contribution in [1.29, 1.82) is 0 Å². The van der Waals surface area contributed by atoms with Gasteiger partial charge < -0.3 is 15.8 Å². The minimum atomic E-state index is -0.514. The van der Waals surface area contributed by atoms with Gasteiger partial charge in [0.2, 0.25) is 5.91 Å². The van der Waals surface area contributed by atoms with Crippen molar-refractivity contribution in [2.24, 2.45) is 0 Å². The van der Waals surface area contributed by atoms with Crippen molar-refractivity contribution in [1.82, 2.24) is 0 Å². The number of carbonyl (C=O) groups is 1. The summed E-state index contributed by atoms with van der Waals surface area (Å²) in [6.07, 6.45) is 0.230. The molecule has 1 amide bonds. The highest BCUT2D eigenvalue weighted by Crippen LogP contribution is 2.28. The van der Waals surface area contributed by atoms with Crippen LogP contribution >= 0.6 is 11.6 Å². The van der Waals surface area contributed by atoms with Gasteiger partial charge in [-0.05, 0) is 26.0 Å². The molecule has 0 aromatic heterocycles. The maximum absolute atomic E-state index is 11.8. The van der Waals surface area contributed by atoms with Gasteiger partial charge >= 0.3 is 0 Å². The van der Waals surface area contributed by atoms with E-state index in [2.05, 4.69) is 5.32 Å². The molecule has 0 saturated carbocycles. The van der Waals surface area contributed by atoms with Crippen LogP contribution in [0.25, 0.3) is 0 Å². The van der Waals surface area contributed by atoms with Gasteiger partial charge in [-0.3, -0.25) is 4.79 Å². The number of amides is 1. The summed E-state index contributed by atoms with van der Waals surface area (Å²) in [4.78, 5) is 11.8. The average Bonchev–Trinajstić information content (AvgIpc) is 2.23. The average molecular weight is 257 g/mol. The molecule has 1 rings (SSSR count). The molecule has 0 fully saturated rings. The lowest BCUT2D eigenvalue weighted by molar-refractivity contribution is -0.121. The zero-order valence-corrected chi connectivity index (χ0v) is 11.0. The van der Waals surface area contributed by atoms with Crippen LogP contribution in [0, 0.1) is 0 Å². The normalized spacial score (nSPS) is 11.3. The van der Waals surface area contributed by atoms with E-state index >= 15 is 0 Å². The first-order valence-corrected chi connectivity index (χ1v) is 5.62. The second-order valence-corrected chi connectivity index (χ2v) is 4.80. The first kappa shape index (κ1) is 13.8. The van der Waals surface area contributed by atoms with Crippen LogP contribution in [0.3, 0.4) is 0 Å². The Bertz CT molecular complexity index is 399. The number of carbonyl (C=O) groups excluding carboxylic acids is 1. The fourth-order valence-electron chi connectivity index (χ4n) is 1.32. The molecule has 0 heterocycles. The molecule has 0 aliphatic heterocycles. The molecule has 0 aliphatic rings. The molecule has 0 aliphatic carbocycles. The predicted octanol–water partition coefficient (Wildman–Crippen LogP) is 2.68. The lowest BCUT2D eigenvalue weighted by atomic mass is 10.0. The number of hydrogen-bond donors (Lipinski definition) is 2. The number of nitrogens with two attached hydrogens (primary N) is 1. The Morgan fingerprint density at radius 3 is 2.71 bits per heavy atom. The minimum Gasteiger partial charge on any atom is -0.397 e. The topological polar surface area (TPSA) is 64.3 Å².